The van der Waals surface area contributed by atoms with E-state index in [1.807, 2.05) is 11.6 Å². The summed E-state index contributed by atoms with van der Waals surface area (Å²) in [7, 11) is 1.97. The zero-order valence-corrected chi connectivity index (χ0v) is 11.2. The summed E-state index contributed by atoms with van der Waals surface area (Å²) in [5.41, 5.74) is 7.48. The molecule has 2 N–H and O–H groups in total. The quantitative estimate of drug-likeness (QED) is 0.905. The molecule has 4 heteroatoms. The van der Waals surface area contributed by atoms with Gasteiger partial charge in [0.25, 0.3) is 0 Å². The van der Waals surface area contributed by atoms with E-state index in [0.29, 0.717) is 12.1 Å². The van der Waals surface area contributed by atoms with Crippen LogP contribution in [-0.4, -0.2) is 16.1 Å². The van der Waals surface area contributed by atoms with Crippen molar-refractivity contribution in [1.82, 2.24) is 9.55 Å². The van der Waals surface area contributed by atoms with Crippen molar-refractivity contribution in [2.75, 3.05) is 6.54 Å². The minimum absolute atomic E-state index is 0.121. The van der Waals surface area contributed by atoms with Crippen LogP contribution in [0.3, 0.4) is 0 Å². The highest BCUT2D eigenvalue weighted by Gasteiger charge is 2.31. The molecule has 0 aliphatic rings. The average molecular weight is 249 g/mol. The molecule has 1 aromatic heterocycles. The first-order valence-electron chi connectivity index (χ1n) is 6.40. The van der Waals surface area contributed by atoms with Crippen molar-refractivity contribution in [3.05, 3.63) is 29.8 Å². The third-order valence-corrected chi connectivity index (χ3v) is 4.06. The first kappa shape index (κ1) is 13.0. The van der Waals surface area contributed by atoms with Gasteiger partial charge in [-0.05, 0) is 25.0 Å². The topological polar surface area (TPSA) is 43.8 Å². The Kier molecular flexibility index (Phi) is 3.39. The van der Waals surface area contributed by atoms with Crippen LogP contribution in [-0.2, 0) is 12.5 Å². The minimum atomic E-state index is -0.251. The Morgan fingerprint density at radius 3 is 2.56 bits per heavy atom. The van der Waals surface area contributed by atoms with Gasteiger partial charge in [0.2, 0.25) is 0 Å². The van der Waals surface area contributed by atoms with Gasteiger partial charge in [-0.25, -0.2) is 9.37 Å². The van der Waals surface area contributed by atoms with Crippen molar-refractivity contribution < 1.29 is 4.39 Å². The molecule has 0 amide bonds. The van der Waals surface area contributed by atoms with Crippen LogP contribution < -0.4 is 5.73 Å². The Morgan fingerprint density at radius 1 is 1.33 bits per heavy atom. The van der Waals surface area contributed by atoms with E-state index in [9.17, 15) is 4.39 Å². The number of aryl methyl sites for hydroxylation is 1. The number of hydrogen-bond donors (Lipinski definition) is 1. The Morgan fingerprint density at radius 2 is 2.00 bits per heavy atom. The molecule has 0 aliphatic heterocycles. The van der Waals surface area contributed by atoms with Crippen molar-refractivity contribution in [2.45, 2.75) is 32.1 Å². The normalized spacial score (nSPS) is 12.3. The predicted octanol–water partition coefficient (Wildman–Crippen LogP) is 2.73. The molecule has 18 heavy (non-hydrogen) atoms. The monoisotopic (exact) mass is 249 g/mol. The predicted molar refractivity (Wildman–Crippen MR) is 72.0 cm³/mol. The second-order valence-electron chi connectivity index (χ2n) is 4.82. The van der Waals surface area contributed by atoms with Crippen LogP contribution in [0.25, 0.3) is 11.0 Å². The standard InChI is InChI=1S/C14H20FN3/c1-4-14(5-2,9-16)13-17-11-8-10(15)6-7-12(11)18(13)3/h6-8H,4-5,9,16H2,1-3H3. The van der Waals surface area contributed by atoms with Crippen molar-refractivity contribution in [2.24, 2.45) is 12.8 Å². The van der Waals surface area contributed by atoms with E-state index in [0.717, 1.165) is 24.2 Å². The second kappa shape index (κ2) is 4.69. The van der Waals surface area contributed by atoms with Gasteiger partial charge >= 0.3 is 0 Å². The van der Waals surface area contributed by atoms with E-state index in [4.69, 9.17) is 5.73 Å². The molecule has 1 heterocycles. The first-order valence-corrected chi connectivity index (χ1v) is 6.40. The van der Waals surface area contributed by atoms with E-state index in [1.165, 1.54) is 12.1 Å². The molecular formula is C14H20FN3. The molecular weight excluding hydrogens is 229 g/mol. The average Bonchev–Trinajstić information content (AvgIpc) is 2.70. The summed E-state index contributed by atoms with van der Waals surface area (Å²) in [5, 5.41) is 0. The van der Waals surface area contributed by atoms with Crippen LogP contribution in [0.2, 0.25) is 0 Å². The number of hydrogen-bond acceptors (Lipinski definition) is 2. The molecule has 0 unspecified atom stereocenters. The fraction of sp³-hybridized carbons (Fsp3) is 0.500. The maximum Gasteiger partial charge on any atom is 0.125 e. The highest BCUT2D eigenvalue weighted by atomic mass is 19.1. The number of nitrogens with two attached hydrogens (primary N) is 1. The Balaban J connectivity index is 2.67. The number of imidazole rings is 1. The molecule has 3 nitrogen and oxygen atoms in total. The molecule has 0 atom stereocenters. The number of aromatic nitrogens is 2. The number of rotatable bonds is 4. The second-order valence-corrected chi connectivity index (χ2v) is 4.82. The smallest absolute Gasteiger partial charge is 0.125 e. The molecule has 0 aliphatic carbocycles. The van der Waals surface area contributed by atoms with Crippen LogP contribution in [0.4, 0.5) is 4.39 Å². The van der Waals surface area contributed by atoms with Gasteiger partial charge in [-0.15, -0.1) is 0 Å². The number of nitrogens with zero attached hydrogens (tertiary/aromatic N) is 2. The highest BCUT2D eigenvalue weighted by Crippen LogP contribution is 2.31. The first-order chi connectivity index (χ1) is 8.57. The Hall–Kier alpha value is -1.42. The molecule has 0 saturated carbocycles. The van der Waals surface area contributed by atoms with Crippen molar-refractivity contribution >= 4 is 11.0 Å². The van der Waals surface area contributed by atoms with Gasteiger partial charge in [-0.1, -0.05) is 13.8 Å². The summed E-state index contributed by atoms with van der Waals surface area (Å²) in [5.74, 6) is 0.703. The fourth-order valence-electron chi connectivity index (χ4n) is 2.59. The van der Waals surface area contributed by atoms with E-state index < -0.39 is 0 Å². The van der Waals surface area contributed by atoms with E-state index in [-0.39, 0.29) is 11.2 Å². The summed E-state index contributed by atoms with van der Waals surface area (Å²) in [4.78, 5) is 4.60. The maximum absolute atomic E-state index is 13.2. The Bertz CT molecular complexity index is 547. The zero-order chi connectivity index (χ0) is 13.3. The summed E-state index contributed by atoms with van der Waals surface area (Å²) in [6.45, 7) is 4.80. The van der Waals surface area contributed by atoms with Gasteiger partial charge in [-0.3, -0.25) is 0 Å². The van der Waals surface area contributed by atoms with Gasteiger partial charge < -0.3 is 10.3 Å². The third kappa shape index (κ3) is 1.81. The van der Waals surface area contributed by atoms with Crippen LogP contribution in [0.15, 0.2) is 18.2 Å². The summed E-state index contributed by atoms with van der Waals surface area (Å²) >= 11 is 0. The van der Waals surface area contributed by atoms with Crippen LogP contribution in [0, 0.1) is 5.82 Å². The van der Waals surface area contributed by atoms with Crippen LogP contribution in [0.1, 0.15) is 32.5 Å². The van der Waals surface area contributed by atoms with Gasteiger partial charge in [-0.2, -0.15) is 0 Å². The maximum atomic E-state index is 13.2. The number of benzene rings is 1. The highest BCUT2D eigenvalue weighted by molar-refractivity contribution is 5.76. The van der Waals surface area contributed by atoms with E-state index in [1.54, 1.807) is 6.07 Å². The van der Waals surface area contributed by atoms with Crippen LogP contribution in [0.5, 0.6) is 0 Å². The zero-order valence-electron chi connectivity index (χ0n) is 11.2. The minimum Gasteiger partial charge on any atom is -0.331 e. The molecule has 2 aromatic rings. The van der Waals surface area contributed by atoms with Crippen molar-refractivity contribution in [1.29, 1.82) is 0 Å². The van der Waals surface area contributed by atoms with Gasteiger partial charge in [0.15, 0.2) is 0 Å². The van der Waals surface area contributed by atoms with E-state index >= 15 is 0 Å². The van der Waals surface area contributed by atoms with Crippen LogP contribution >= 0.6 is 0 Å². The van der Waals surface area contributed by atoms with Gasteiger partial charge in [0.1, 0.15) is 11.6 Å². The fourth-order valence-corrected chi connectivity index (χ4v) is 2.59. The molecule has 1 aromatic carbocycles. The largest absolute Gasteiger partial charge is 0.331 e. The lowest BCUT2D eigenvalue weighted by molar-refractivity contribution is 0.374. The van der Waals surface area contributed by atoms with Crippen molar-refractivity contribution in [3.8, 4) is 0 Å². The number of fused-ring (bicyclic) bond motifs is 1. The summed E-state index contributed by atoms with van der Waals surface area (Å²) in [6, 6.07) is 4.72. The molecule has 0 spiro atoms. The third-order valence-electron chi connectivity index (χ3n) is 4.06. The molecule has 2 rings (SSSR count). The van der Waals surface area contributed by atoms with Gasteiger partial charge in [0.05, 0.1) is 11.0 Å². The lowest BCUT2D eigenvalue weighted by atomic mass is 9.81. The summed E-state index contributed by atoms with van der Waals surface area (Å²) < 4.78 is 15.3. The molecule has 0 fully saturated rings. The molecule has 0 bridgehead atoms. The molecule has 0 saturated heterocycles. The van der Waals surface area contributed by atoms with E-state index in [2.05, 4.69) is 18.8 Å². The summed E-state index contributed by atoms with van der Waals surface area (Å²) in [6.07, 6.45) is 1.86. The van der Waals surface area contributed by atoms with Crippen molar-refractivity contribution in [3.63, 3.8) is 0 Å². The number of halogens is 1. The lowest BCUT2D eigenvalue weighted by Crippen LogP contribution is -2.36. The molecule has 98 valence electrons. The lowest BCUT2D eigenvalue weighted by Gasteiger charge is -2.29. The molecule has 0 radical (unpaired) electrons. The Labute approximate surface area is 107 Å². The van der Waals surface area contributed by atoms with Gasteiger partial charge in [0, 0.05) is 25.1 Å². The SMILES string of the molecule is CCC(CC)(CN)c1nc2cc(F)ccc2n1C.